The highest BCUT2D eigenvalue weighted by atomic mass is 79.9. The second kappa shape index (κ2) is 5.64. The molecule has 6 heteroatoms. The first kappa shape index (κ1) is 13.5. The number of primary amides is 1. The Morgan fingerprint density at radius 3 is 2.71 bits per heavy atom. The Morgan fingerprint density at radius 2 is 2.29 bits per heavy atom. The summed E-state index contributed by atoms with van der Waals surface area (Å²) in [5.74, 6) is -0.345. The van der Waals surface area contributed by atoms with Gasteiger partial charge in [-0.2, -0.15) is 5.26 Å². The van der Waals surface area contributed by atoms with E-state index in [2.05, 4.69) is 26.2 Å². The van der Waals surface area contributed by atoms with Crippen molar-refractivity contribution in [2.75, 3.05) is 5.32 Å². The largest absolute Gasteiger partial charge is 0.372 e. The van der Waals surface area contributed by atoms with Crippen LogP contribution in [-0.2, 0) is 4.79 Å². The van der Waals surface area contributed by atoms with Crippen LogP contribution < -0.4 is 11.1 Å². The summed E-state index contributed by atoms with van der Waals surface area (Å²) in [5.41, 5.74) is 6.24. The Labute approximate surface area is 108 Å². The van der Waals surface area contributed by atoms with E-state index in [9.17, 15) is 4.79 Å². The fraction of sp³-hybridized carbons (Fsp3) is 0.364. The lowest BCUT2D eigenvalue weighted by molar-refractivity contribution is -0.119. The number of nitriles is 1. The lowest BCUT2D eigenvalue weighted by atomic mass is 10.0. The maximum Gasteiger partial charge on any atom is 0.240 e. The summed E-state index contributed by atoms with van der Waals surface area (Å²) in [4.78, 5) is 15.2. The Kier molecular flexibility index (Phi) is 4.46. The summed E-state index contributed by atoms with van der Waals surface area (Å²) >= 11 is 3.23. The molecule has 3 N–H and O–H groups in total. The number of anilines is 1. The molecule has 1 rings (SSSR count). The molecule has 17 heavy (non-hydrogen) atoms. The molecule has 1 heterocycles. The van der Waals surface area contributed by atoms with Gasteiger partial charge in [-0.25, -0.2) is 4.98 Å². The number of nitrogens with one attached hydrogen (secondary N) is 1. The van der Waals surface area contributed by atoms with Crippen molar-refractivity contribution in [1.29, 1.82) is 5.26 Å². The molecule has 0 bridgehead atoms. The number of hydrogen-bond donors (Lipinski definition) is 2. The number of amides is 1. The lowest BCUT2D eigenvalue weighted by Crippen LogP contribution is -2.39. The molecule has 0 aliphatic heterocycles. The van der Waals surface area contributed by atoms with Gasteiger partial charge in [-0.3, -0.25) is 4.79 Å². The van der Waals surface area contributed by atoms with Crippen LogP contribution in [0.4, 0.5) is 5.69 Å². The molecule has 1 aromatic rings. The molecule has 1 amide bonds. The average molecular weight is 297 g/mol. The summed E-state index contributed by atoms with van der Waals surface area (Å²) in [6.07, 6.45) is 1.50. The number of halogens is 1. The monoisotopic (exact) mass is 296 g/mol. The average Bonchev–Trinajstić information content (AvgIpc) is 2.25. The van der Waals surface area contributed by atoms with E-state index in [-0.39, 0.29) is 5.92 Å². The molecule has 0 aromatic carbocycles. The molecular weight excluding hydrogens is 284 g/mol. The highest BCUT2D eigenvalue weighted by Crippen LogP contribution is 2.20. The van der Waals surface area contributed by atoms with Crippen molar-refractivity contribution in [2.24, 2.45) is 11.7 Å². The third-order valence-electron chi connectivity index (χ3n) is 2.24. The van der Waals surface area contributed by atoms with Gasteiger partial charge in [0.1, 0.15) is 12.1 Å². The van der Waals surface area contributed by atoms with Crippen molar-refractivity contribution in [3.8, 4) is 6.07 Å². The van der Waals surface area contributed by atoms with Crippen LogP contribution in [0, 0.1) is 17.2 Å². The van der Waals surface area contributed by atoms with E-state index in [0.717, 1.165) is 0 Å². The van der Waals surface area contributed by atoms with Crippen LogP contribution in [0.2, 0.25) is 0 Å². The van der Waals surface area contributed by atoms with E-state index in [1.54, 1.807) is 6.07 Å². The number of carbonyl (C=O) groups is 1. The van der Waals surface area contributed by atoms with E-state index >= 15 is 0 Å². The number of hydrogen-bond acceptors (Lipinski definition) is 4. The Bertz CT molecular complexity index is 467. The van der Waals surface area contributed by atoms with Gasteiger partial charge in [0, 0.05) is 0 Å². The SMILES string of the molecule is CC(C)C(Nc1cnc(C#N)c(Br)c1)C(N)=O. The third kappa shape index (κ3) is 3.43. The van der Waals surface area contributed by atoms with Crippen LogP contribution in [0.15, 0.2) is 16.7 Å². The lowest BCUT2D eigenvalue weighted by Gasteiger charge is -2.20. The number of rotatable bonds is 4. The number of nitrogens with zero attached hydrogens (tertiary/aromatic N) is 2. The van der Waals surface area contributed by atoms with Crippen molar-refractivity contribution in [1.82, 2.24) is 4.98 Å². The predicted molar refractivity (Wildman–Crippen MR) is 68.1 cm³/mol. The molecule has 90 valence electrons. The molecule has 0 saturated carbocycles. The second-order valence-corrected chi connectivity index (χ2v) is 4.79. The predicted octanol–water partition coefficient (Wildman–Crippen LogP) is 1.64. The van der Waals surface area contributed by atoms with Gasteiger partial charge in [-0.05, 0) is 27.9 Å². The summed E-state index contributed by atoms with van der Waals surface area (Å²) in [7, 11) is 0. The van der Waals surface area contributed by atoms with Gasteiger partial charge < -0.3 is 11.1 Å². The first-order valence-electron chi connectivity index (χ1n) is 5.07. The summed E-state index contributed by atoms with van der Waals surface area (Å²) in [6.45, 7) is 3.79. The smallest absolute Gasteiger partial charge is 0.240 e. The van der Waals surface area contributed by atoms with Gasteiger partial charge in [0.05, 0.1) is 16.4 Å². The first-order chi connectivity index (χ1) is 7.95. The molecule has 0 aliphatic carbocycles. The van der Waals surface area contributed by atoms with Gasteiger partial charge in [-0.1, -0.05) is 13.8 Å². The van der Waals surface area contributed by atoms with E-state index in [4.69, 9.17) is 11.0 Å². The molecule has 1 unspecified atom stereocenters. The van der Waals surface area contributed by atoms with Gasteiger partial charge in [-0.15, -0.1) is 0 Å². The summed E-state index contributed by atoms with van der Waals surface area (Å²) < 4.78 is 0.581. The molecule has 1 atom stereocenters. The molecule has 1 aromatic heterocycles. The minimum absolute atomic E-state index is 0.0712. The van der Waals surface area contributed by atoms with Crippen LogP contribution in [0.5, 0.6) is 0 Å². The van der Waals surface area contributed by atoms with Gasteiger partial charge in [0.2, 0.25) is 5.91 Å². The van der Waals surface area contributed by atoms with E-state index in [1.165, 1.54) is 6.20 Å². The van der Waals surface area contributed by atoms with Crippen molar-refractivity contribution in [3.63, 3.8) is 0 Å². The third-order valence-corrected chi connectivity index (χ3v) is 2.85. The second-order valence-electron chi connectivity index (χ2n) is 3.93. The van der Waals surface area contributed by atoms with Crippen molar-refractivity contribution >= 4 is 27.5 Å². The normalized spacial score (nSPS) is 11.9. The molecule has 0 spiro atoms. The van der Waals surface area contributed by atoms with Crippen molar-refractivity contribution < 1.29 is 4.79 Å². The van der Waals surface area contributed by atoms with Crippen LogP contribution in [0.25, 0.3) is 0 Å². The molecule has 0 radical (unpaired) electrons. The standard InChI is InChI=1S/C11H13BrN4O/c1-6(2)10(11(14)17)16-7-3-8(12)9(4-13)15-5-7/h3,5-6,10,16H,1-2H3,(H2,14,17). The van der Waals surface area contributed by atoms with E-state index < -0.39 is 11.9 Å². The van der Waals surface area contributed by atoms with E-state index in [0.29, 0.717) is 15.9 Å². The minimum atomic E-state index is -0.461. The Hall–Kier alpha value is -1.61. The molecule has 0 fully saturated rings. The number of carbonyl (C=O) groups excluding carboxylic acids is 1. The fourth-order valence-corrected chi connectivity index (χ4v) is 1.78. The first-order valence-corrected chi connectivity index (χ1v) is 5.86. The van der Waals surface area contributed by atoms with Crippen LogP contribution in [0.1, 0.15) is 19.5 Å². The molecule has 0 aliphatic rings. The number of pyridine rings is 1. The summed E-state index contributed by atoms with van der Waals surface area (Å²) in [5, 5.41) is 11.7. The zero-order valence-electron chi connectivity index (χ0n) is 9.57. The quantitative estimate of drug-likeness (QED) is 0.883. The zero-order valence-corrected chi connectivity index (χ0v) is 11.2. The molecule has 0 saturated heterocycles. The molecule has 5 nitrogen and oxygen atoms in total. The number of aromatic nitrogens is 1. The van der Waals surface area contributed by atoms with Crippen LogP contribution in [0.3, 0.4) is 0 Å². The van der Waals surface area contributed by atoms with Gasteiger partial charge in [0.15, 0.2) is 5.69 Å². The van der Waals surface area contributed by atoms with Gasteiger partial charge in [0.25, 0.3) is 0 Å². The zero-order chi connectivity index (χ0) is 13.0. The Balaban J connectivity index is 2.92. The summed E-state index contributed by atoms with van der Waals surface area (Å²) in [6, 6.07) is 3.18. The van der Waals surface area contributed by atoms with Crippen molar-refractivity contribution in [3.05, 3.63) is 22.4 Å². The maximum atomic E-state index is 11.2. The highest BCUT2D eigenvalue weighted by Gasteiger charge is 2.19. The minimum Gasteiger partial charge on any atom is -0.372 e. The van der Waals surface area contributed by atoms with Gasteiger partial charge >= 0.3 is 0 Å². The van der Waals surface area contributed by atoms with E-state index in [1.807, 2.05) is 19.9 Å². The highest BCUT2D eigenvalue weighted by molar-refractivity contribution is 9.10. The Morgan fingerprint density at radius 1 is 1.65 bits per heavy atom. The van der Waals surface area contributed by atoms with Crippen molar-refractivity contribution in [2.45, 2.75) is 19.9 Å². The van der Waals surface area contributed by atoms with Crippen LogP contribution >= 0.6 is 15.9 Å². The topological polar surface area (TPSA) is 91.8 Å². The molecular formula is C11H13BrN4O. The maximum absolute atomic E-state index is 11.2. The number of nitrogens with two attached hydrogens (primary N) is 1. The van der Waals surface area contributed by atoms with Crippen LogP contribution in [-0.4, -0.2) is 16.9 Å². The fourth-order valence-electron chi connectivity index (χ4n) is 1.35.